The van der Waals surface area contributed by atoms with Crippen LogP contribution in [-0.4, -0.2) is 42.8 Å². The molecule has 1 aromatic rings. The minimum absolute atomic E-state index is 0.291. The number of hydrogen-bond acceptors (Lipinski definition) is 4. The third kappa shape index (κ3) is 3.39. The summed E-state index contributed by atoms with van der Waals surface area (Å²) in [4.78, 5) is 2.43. The molecule has 0 amide bonds. The highest BCUT2D eigenvalue weighted by Gasteiger charge is 2.24. The van der Waals surface area contributed by atoms with E-state index < -0.39 is 0 Å². The molecule has 1 fully saturated rings. The third-order valence-corrected chi connectivity index (χ3v) is 3.69. The molecule has 0 saturated carbocycles. The monoisotopic (exact) mass is 264 g/mol. The van der Waals surface area contributed by atoms with Crippen LogP contribution in [-0.2, 0) is 6.54 Å². The normalized spacial score (nSPS) is 19.8. The fourth-order valence-electron chi connectivity index (χ4n) is 2.76. The second-order valence-electron chi connectivity index (χ2n) is 5.02. The summed E-state index contributed by atoms with van der Waals surface area (Å²) in [7, 11) is 1.99. The summed E-state index contributed by atoms with van der Waals surface area (Å²) in [5.74, 6) is 0.879. The first-order valence-electron chi connectivity index (χ1n) is 7.08. The summed E-state index contributed by atoms with van der Waals surface area (Å²) in [5.41, 5.74) is 0.953. The van der Waals surface area contributed by atoms with Crippen LogP contribution in [0.15, 0.2) is 18.2 Å². The Kier molecular flexibility index (Phi) is 5.05. The molecule has 4 heteroatoms. The van der Waals surface area contributed by atoms with Gasteiger partial charge in [-0.2, -0.15) is 0 Å². The highest BCUT2D eigenvalue weighted by Crippen LogP contribution is 2.32. The predicted octanol–water partition coefficient (Wildman–Crippen LogP) is 1.97. The molecule has 4 nitrogen and oxygen atoms in total. The molecule has 2 rings (SSSR count). The molecule has 2 N–H and O–H groups in total. The van der Waals surface area contributed by atoms with Crippen molar-refractivity contribution in [2.45, 2.75) is 32.4 Å². The lowest BCUT2D eigenvalue weighted by Gasteiger charge is -2.24. The number of hydrogen-bond donors (Lipinski definition) is 2. The number of likely N-dealkylation sites (tertiary alicyclic amines) is 1. The van der Waals surface area contributed by atoms with Crippen molar-refractivity contribution in [2.75, 3.05) is 26.7 Å². The molecule has 1 atom stereocenters. The number of benzene rings is 1. The second kappa shape index (κ2) is 6.78. The number of phenolic OH excluding ortho intramolecular Hbond substituents is 1. The predicted molar refractivity (Wildman–Crippen MR) is 76.6 cm³/mol. The topological polar surface area (TPSA) is 44.7 Å². The zero-order valence-corrected chi connectivity index (χ0v) is 11.9. The molecule has 106 valence electrons. The van der Waals surface area contributed by atoms with E-state index in [0.717, 1.165) is 25.2 Å². The molecule has 1 aromatic carbocycles. The largest absolute Gasteiger partial charge is 0.504 e. The first kappa shape index (κ1) is 14.2. The maximum atomic E-state index is 10.2. The molecule has 19 heavy (non-hydrogen) atoms. The lowest BCUT2D eigenvalue weighted by atomic mass is 10.1. The number of nitrogens with zero attached hydrogens (tertiary/aromatic N) is 1. The number of aromatic hydroxyl groups is 1. The first-order chi connectivity index (χ1) is 9.26. The van der Waals surface area contributed by atoms with E-state index in [2.05, 4.69) is 10.2 Å². The molecular weight excluding hydrogens is 240 g/mol. The minimum atomic E-state index is 0.291. The van der Waals surface area contributed by atoms with E-state index in [1.54, 1.807) is 0 Å². The van der Waals surface area contributed by atoms with Gasteiger partial charge < -0.3 is 15.2 Å². The summed E-state index contributed by atoms with van der Waals surface area (Å²) >= 11 is 0. The molecule has 1 saturated heterocycles. The van der Waals surface area contributed by atoms with Crippen molar-refractivity contribution in [3.05, 3.63) is 23.8 Å². The van der Waals surface area contributed by atoms with Crippen molar-refractivity contribution in [3.8, 4) is 11.5 Å². The molecular formula is C15H24N2O2. The number of phenols is 1. The number of rotatable bonds is 6. The molecule has 0 spiro atoms. The van der Waals surface area contributed by atoms with Gasteiger partial charge in [-0.05, 0) is 39.4 Å². The Hall–Kier alpha value is -1.26. The molecule has 0 bridgehead atoms. The van der Waals surface area contributed by atoms with Crippen LogP contribution in [0, 0.1) is 0 Å². The number of para-hydroxylation sites is 1. The lowest BCUT2D eigenvalue weighted by Crippen LogP contribution is -2.36. The van der Waals surface area contributed by atoms with Gasteiger partial charge in [0.2, 0.25) is 0 Å². The van der Waals surface area contributed by atoms with Crippen molar-refractivity contribution < 1.29 is 9.84 Å². The molecule has 0 aliphatic carbocycles. The Morgan fingerprint density at radius 2 is 2.32 bits per heavy atom. The van der Waals surface area contributed by atoms with Crippen LogP contribution in [0.2, 0.25) is 0 Å². The molecule has 1 aliphatic heterocycles. The second-order valence-corrected chi connectivity index (χ2v) is 5.02. The molecule has 0 aromatic heterocycles. The zero-order chi connectivity index (χ0) is 13.7. The Morgan fingerprint density at radius 3 is 3.05 bits per heavy atom. The quantitative estimate of drug-likeness (QED) is 0.824. The summed E-state index contributed by atoms with van der Waals surface area (Å²) in [6.45, 7) is 5.40. The van der Waals surface area contributed by atoms with Gasteiger partial charge in [-0.15, -0.1) is 0 Å². The zero-order valence-electron chi connectivity index (χ0n) is 11.9. The standard InChI is InChI=1S/C15H24N2O2/c1-3-19-14-8-4-6-12(15(14)18)11-17-9-5-7-13(17)10-16-2/h4,6,8,13,16,18H,3,5,7,9-11H2,1-2H3. The van der Waals surface area contributed by atoms with Crippen LogP contribution in [0.4, 0.5) is 0 Å². The van der Waals surface area contributed by atoms with Crippen LogP contribution in [0.25, 0.3) is 0 Å². The van der Waals surface area contributed by atoms with Crippen molar-refractivity contribution in [1.29, 1.82) is 0 Å². The average molecular weight is 264 g/mol. The van der Waals surface area contributed by atoms with Crippen molar-refractivity contribution in [1.82, 2.24) is 10.2 Å². The summed E-state index contributed by atoms with van der Waals surface area (Å²) in [5, 5.41) is 13.5. The van der Waals surface area contributed by atoms with Gasteiger partial charge in [0.1, 0.15) is 0 Å². The SMILES string of the molecule is CCOc1cccc(CN2CCCC2CNC)c1O. The number of nitrogens with one attached hydrogen (secondary N) is 1. The lowest BCUT2D eigenvalue weighted by molar-refractivity contribution is 0.237. The van der Waals surface area contributed by atoms with E-state index in [0.29, 0.717) is 24.1 Å². The highest BCUT2D eigenvalue weighted by atomic mass is 16.5. The van der Waals surface area contributed by atoms with Gasteiger partial charge in [-0.25, -0.2) is 0 Å². The van der Waals surface area contributed by atoms with Gasteiger partial charge >= 0.3 is 0 Å². The van der Waals surface area contributed by atoms with E-state index in [1.807, 2.05) is 32.2 Å². The van der Waals surface area contributed by atoms with Crippen molar-refractivity contribution in [2.24, 2.45) is 0 Å². The Balaban J connectivity index is 2.08. The fourth-order valence-corrected chi connectivity index (χ4v) is 2.76. The summed E-state index contributed by atoms with van der Waals surface area (Å²) < 4.78 is 5.44. The van der Waals surface area contributed by atoms with Crippen LogP contribution in [0.1, 0.15) is 25.3 Å². The first-order valence-corrected chi connectivity index (χ1v) is 7.08. The van der Waals surface area contributed by atoms with Gasteiger partial charge in [-0.1, -0.05) is 12.1 Å². The Labute approximate surface area is 115 Å². The van der Waals surface area contributed by atoms with Crippen LogP contribution < -0.4 is 10.1 Å². The van der Waals surface area contributed by atoms with Crippen LogP contribution >= 0.6 is 0 Å². The van der Waals surface area contributed by atoms with Crippen LogP contribution in [0.3, 0.4) is 0 Å². The number of ether oxygens (including phenoxy) is 1. The highest BCUT2D eigenvalue weighted by molar-refractivity contribution is 5.45. The van der Waals surface area contributed by atoms with E-state index in [4.69, 9.17) is 4.74 Å². The maximum Gasteiger partial charge on any atom is 0.162 e. The number of likely N-dealkylation sites (N-methyl/N-ethyl adjacent to an activating group) is 1. The van der Waals surface area contributed by atoms with Gasteiger partial charge in [-0.3, -0.25) is 4.90 Å². The van der Waals surface area contributed by atoms with Gasteiger partial charge in [0, 0.05) is 24.7 Å². The van der Waals surface area contributed by atoms with Crippen LogP contribution in [0.5, 0.6) is 11.5 Å². The molecule has 1 unspecified atom stereocenters. The molecule has 1 aliphatic rings. The fraction of sp³-hybridized carbons (Fsp3) is 0.600. The van der Waals surface area contributed by atoms with Gasteiger partial charge in [0.25, 0.3) is 0 Å². The van der Waals surface area contributed by atoms with E-state index in [1.165, 1.54) is 12.8 Å². The maximum absolute atomic E-state index is 10.2. The molecule has 1 heterocycles. The van der Waals surface area contributed by atoms with E-state index in [9.17, 15) is 5.11 Å². The van der Waals surface area contributed by atoms with E-state index >= 15 is 0 Å². The summed E-state index contributed by atoms with van der Waals surface area (Å²) in [6, 6.07) is 6.31. The minimum Gasteiger partial charge on any atom is -0.504 e. The van der Waals surface area contributed by atoms with Crippen molar-refractivity contribution >= 4 is 0 Å². The van der Waals surface area contributed by atoms with Gasteiger partial charge in [0.15, 0.2) is 11.5 Å². The smallest absolute Gasteiger partial charge is 0.162 e. The average Bonchev–Trinajstić information content (AvgIpc) is 2.82. The van der Waals surface area contributed by atoms with Crippen molar-refractivity contribution in [3.63, 3.8) is 0 Å². The van der Waals surface area contributed by atoms with Gasteiger partial charge in [0.05, 0.1) is 6.61 Å². The third-order valence-electron chi connectivity index (χ3n) is 3.69. The Bertz CT molecular complexity index is 409. The Morgan fingerprint density at radius 1 is 1.47 bits per heavy atom. The summed E-state index contributed by atoms with van der Waals surface area (Å²) in [6.07, 6.45) is 2.46. The molecule has 0 radical (unpaired) electrons. The van der Waals surface area contributed by atoms with E-state index in [-0.39, 0.29) is 0 Å².